The zero-order valence-electron chi connectivity index (χ0n) is 9.31. The lowest BCUT2D eigenvalue weighted by Crippen LogP contribution is -2.58. The topological polar surface area (TPSA) is 37.3 Å². The SMILES string of the molecule is CCC1CC(C(=O)O)C(F)(F)C1(F)C(C)(F)F. The van der Waals surface area contributed by atoms with Gasteiger partial charge in [-0.1, -0.05) is 6.92 Å². The van der Waals surface area contributed by atoms with Gasteiger partial charge in [-0.3, -0.25) is 4.79 Å². The molecule has 0 aromatic rings. The van der Waals surface area contributed by atoms with Crippen molar-refractivity contribution in [1.82, 2.24) is 0 Å². The highest BCUT2D eigenvalue weighted by molar-refractivity contribution is 5.72. The van der Waals surface area contributed by atoms with Gasteiger partial charge in [-0.15, -0.1) is 0 Å². The Morgan fingerprint density at radius 1 is 1.41 bits per heavy atom. The molecule has 7 heteroatoms. The van der Waals surface area contributed by atoms with Gasteiger partial charge in [-0.2, -0.15) is 0 Å². The average molecular weight is 260 g/mol. The summed E-state index contributed by atoms with van der Waals surface area (Å²) in [4.78, 5) is 10.6. The first-order chi connectivity index (χ1) is 7.50. The van der Waals surface area contributed by atoms with Crippen LogP contribution in [0.15, 0.2) is 0 Å². The third kappa shape index (κ3) is 1.70. The number of hydrogen-bond donors (Lipinski definition) is 1. The Bertz CT molecular complexity index is 325. The molecule has 1 aliphatic rings. The maximum absolute atomic E-state index is 14.1. The molecule has 0 heterocycles. The summed E-state index contributed by atoms with van der Waals surface area (Å²) < 4.78 is 67.6. The molecule has 0 saturated heterocycles. The third-order valence-electron chi connectivity index (χ3n) is 3.44. The molecule has 17 heavy (non-hydrogen) atoms. The predicted octanol–water partition coefficient (Wildman–Crippen LogP) is 3.12. The molecule has 2 nitrogen and oxygen atoms in total. The van der Waals surface area contributed by atoms with Gasteiger partial charge in [0.1, 0.15) is 5.92 Å². The lowest BCUT2D eigenvalue weighted by atomic mass is 9.83. The second kappa shape index (κ2) is 3.81. The van der Waals surface area contributed by atoms with E-state index in [1.54, 1.807) is 0 Å². The molecule has 1 fully saturated rings. The molecule has 100 valence electrons. The molecule has 1 aliphatic carbocycles. The van der Waals surface area contributed by atoms with Gasteiger partial charge in [0.2, 0.25) is 5.67 Å². The Morgan fingerprint density at radius 3 is 2.12 bits per heavy atom. The molecule has 1 rings (SSSR count). The van der Waals surface area contributed by atoms with E-state index in [-0.39, 0.29) is 13.3 Å². The molecule has 0 radical (unpaired) electrons. The van der Waals surface area contributed by atoms with Gasteiger partial charge in [-0.25, -0.2) is 22.0 Å². The molecule has 0 bridgehead atoms. The van der Waals surface area contributed by atoms with Crippen LogP contribution in [0.2, 0.25) is 0 Å². The Labute approximate surface area is 94.8 Å². The van der Waals surface area contributed by atoms with Crippen molar-refractivity contribution in [2.75, 3.05) is 0 Å². The normalized spacial score (nSPS) is 37.1. The van der Waals surface area contributed by atoms with Crippen LogP contribution in [-0.2, 0) is 4.79 Å². The van der Waals surface area contributed by atoms with E-state index in [0.29, 0.717) is 0 Å². The van der Waals surface area contributed by atoms with Gasteiger partial charge in [0, 0.05) is 12.8 Å². The van der Waals surface area contributed by atoms with E-state index in [2.05, 4.69) is 0 Å². The zero-order chi connectivity index (χ0) is 13.6. The van der Waals surface area contributed by atoms with Gasteiger partial charge >= 0.3 is 11.9 Å². The second-order valence-electron chi connectivity index (χ2n) is 4.45. The molecule has 0 spiro atoms. The monoisotopic (exact) mass is 260 g/mol. The van der Waals surface area contributed by atoms with Crippen LogP contribution >= 0.6 is 0 Å². The maximum Gasteiger partial charge on any atom is 0.312 e. The standard InChI is InChI=1S/C10H13F5O2/c1-3-5-4-6(7(16)17)10(14,15)9(5,13)8(2,11)12/h5-6H,3-4H2,1-2H3,(H,16,17). The Hall–Kier alpha value is -0.880. The van der Waals surface area contributed by atoms with Crippen LogP contribution in [0, 0.1) is 11.8 Å². The van der Waals surface area contributed by atoms with Crippen LogP contribution in [0.3, 0.4) is 0 Å². The van der Waals surface area contributed by atoms with E-state index in [0.717, 1.165) is 0 Å². The quantitative estimate of drug-likeness (QED) is 0.791. The maximum atomic E-state index is 14.1. The van der Waals surface area contributed by atoms with Crippen molar-refractivity contribution in [3.05, 3.63) is 0 Å². The molecular weight excluding hydrogens is 247 g/mol. The number of carboxylic acids is 1. The lowest BCUT2D eigenvalue weighted by Gasteiger charge is -2.36. The lowest BCUT2D eigenvalue weighted by molar-refractivity contribution is -0.250. The summed E-state index contributed by atoms with van der Waals surface area (Å²) in [5.41, 5.74) is -4.10. The minimum atomic E-state index is -4.57. The fourth-order valence-electron chi connectivity index (χ4n) is 2.48. The predicted molar refractivity (Wildman–Crippen MR) is 48.9 cm³/mol. The van der Waals surface area contributed by atoms with Crippen LogP contribution in [0.4, 0.5) is 22.0 Å². The van der Waals surface area contributed by atoms with Gasteiger partial charge in [0.05, 0.1) is 0 Å². The van der Waals surface area contributed by atoms with Crippen LogP contribution in [0.25, 0.3) is 0 Å². The summed E-state index contributed by atoms with van der Waals surface area (Å²) in [5.74, 6) is -14.9. The summed E-state index contributed by atoms with van der Waals surface area (Å²) in [5, 5.41) is 8.57. The number of carbonyl (C=O) groups is 1. The Morgan fingerprint density at radius 2 is 1.88 bits per heavy atom. The average Bonchev–Trinajstić information content (AvgIpc) is 2.35. The van der Waals surface area contributed by atoms with Crippen molar-refractivity contribution >= 4 is 5.97 Å². The Balaban J connectivity index is 3.31. The van der Waals surface area contributed by atoms with Crippen molar-refractivity contribution in [3.63, 3.8) is 0 Å². The molecule has 1 saturated carbocycles. The van der Waals surface area contributed by atoms with E-state index in [4.69, 9.17) is 5.11 Å². The number of aliphatic carboxylic acids is 1. The Kier molecular flexibility index (Phi) is 3.18. The van der Waals surface area contributed by atoms with Gasteiger partial charge in [-0.05, 0) is 12.8 Å². The summed E-state index contributed by atoms with van der Waals surface area (Å²) in [7, 11) is 0. The summed E-state index contributed by atoms with van der Waals surface area (Å²) in [6, 6.07) is 0. The highest BCUT2D eigenvalue weighted by Gasteiger charge is 2.78. The largest absolute Gasteiger partial charge is 0.481 e. The summed E-state index contributed by atoms with van der Waals surface area (Å²) in [6.45, 7) is 1.35. The van der Waals surface area contributed by atoms with Crippen LogP contribution in [-0.4, -0.2) is 28.6 Å². The van der Waals surface area contributed by atoms with Crippen molar-refractivity contribution in [2.24, 2.45) is 11.8 Å². The number of hydrogen-bond acceptors (Lipinski definition) is 1. The highest BCUT2D eigenvalue weighted by atomic mass is 19.3. The number of rotatable bonds is 3. The van der Waals surface area contributed by atoms with Crippen LogP contribution < -0.4 is 0 Å². The molecule has 1 N–H and O–H groups in total. The van der Waals surface area contributed by atoms with Crippen LogP contribution in [0.5, 0.6) is 0 Å². The minimum absolute atomic E-state index is 0.0633. The smallest absolute Gasteiger partial charge is 0.312 e. The van der Waals surface area contributed by atoms with Gasteiger partial charge < -0.3 is 5.11 Å². The number of halogens is 5. The van der Waals surface area contributed by atoms with Crippen LogP contribution in [0.1, 0.15) is 26.7 Å². The molecule has 0 aromatic carbocycles. The first kappa shape index (κ1) is 14.2. The van der Waals surface area contributed by atoms with E-state index in [1.807, 2.05) is 0 Å². The van der Waals surface area contributed by atoms with Crippen molar-refractivity contribution in [3.8, 4) is 0 Å². The summed E-state index contributed by atoms with van der Waals surface area (Å²) >= 11 is 0. The van der Waals surface area contributed by atoms with E-state index in [9.17, 15) is 26.7 Å². The zero-order valence-corrected chi connectivity index (χ0v) is 9.31. The molecule has 0 aromatic heterocycles. The van der Waals surface area contributed by atoms with E-state index in [1.165, 1.54) is 6.92 Å². The van der Waals surface area contributed by atoms with E-state index < -0.39 is 41.7 Å². The highest BCUT2D eigenvalue weighted by Crippen LogP contribution is 2.60. The van der Waals surface area contributed by atoms with Crippen molar-refractivity contribution in [1.29, 1.82) is 0 Å². The first-order valence-corrected chi connectivity index (χ1v) is 5.17. The van der Waals surface area contributed by atoms with Gasteiger partial charge in [0.15, 0.2) is 0 Å². The number of carboxylic acid groups (broad SMARTS) is 1. The summed E-state index contributed by atoms with van der Waals surface area (Å²) in [6.07, 6.45) is -1.04. The molecule has 3 atom stereocenters. The molecule has 0 amide bonds. The fraction of sp³-hybridized carbons (Fsp3) is 0.900. The first-order valence-electron chi connectivity index (χ1n) is 5.17. The van der Waals surface area contributed by atoms with E-state index >= 15 is 0 Å². The second-order valence-corrected chi connectivity index (χ2v) is 4.45. The van der Waals surface area contributed by atoms with Gasteiger partial charge in [0.25, 0.3) is 5.92 Å². The number of alkyl halides is 5. The molecule has 3 unspecified atom stereocenters. The molecule has 0 aliphatic heterocycles. The third-order valence-corrected chi connectivity index (χ3v) is 3.44. The minimum Gasteiger partial charge on any atom is -0.481 e. The fourth-order valence-corrected chi connectivity index (χ4v) is 2.48. The molecular formula is C10H13F5O2. The van der Waals surface area contributed by atoms with Crippen molar-refractivity contribution in [2.45, 2.75) is 44.2 Å². The van der Waals surface area contributed by atoms with Crippen molar-refractivity contribution < 1.29 is 31.9 Å².